The summed E-state index contributed by atoms with van der Waals surface area (Å²) in [7, 11) is 0. The van der Waals surface area contributed by atoms with Crippen LogP contribution in [0.4, 0.5) is 0 Å². The summed E-state index contributed by atoms with van der Waals surface area (Å²) in [6.45, 7) is 2.21. The van der Waals surface area contributed by atoms with Crippen LogP contribution in [0, 0.1) is 5.41 Å². The lowest BCUT2D eigenvalue weighted by Gasteiger charge is -2.24. The molecule has 60 valence electrons. The molecule has 11 heavy (non-hydrogen) atoms. The van der Waals surface area contributed by atoms with Crippen LogP contribution in [-0.4, -0.2) is 13.1 Å². The topological polar surface area (TPSA) is 12.0 Å². The Kier molecular flexibility index (Phi) is 1.82. The fourth-order valence-electron chi connectivity index (χ4n) is 1.98. The van der Waals surface area contributed by atoms with Gasteiger partial charge in [-0.05, 0) is 19.3 Å². The highest BCUT2D eigenvalue weighted by atomic mass is 14.9. The molecule has 1 heterocycles. The van der Waals surface area contributed by atoms with Gasteiger partial charge in [0.1, 0.15) is 0 Å². The Balaban J connectivity index is 2.11. The minimum atomic E-state index is 0.479. The van der Waals surface area contributed by atoms with Gasteiger partial charge in [-0.1, -0.05) is 24.3 Å². The van der Waals surface area contributed by atoms with E-state index in [9.17, 15) is 0 Å². The van der Waals surface area contributed by atoms with Crippen molar-refractivity contribution in [1.82, 2.24) is 5.32 Å². The van der Waals surface area contributed by atoms with Gasteiger partial charge >= 0.3 is 0 Å². The standard InChI is InChI=1S/C10H15N/c1-2-6-10(5-1)7-3-4-8-11-9-10/h1,3-5,11H,2,6-9H2. The lowest BCUT2D eigenvalue weighted by atomic mass is 9.84. The molecule has 0 radical (unpaired) electrons. The Hall–Kier alpha value is -0.560. The van der Waals surface area contributed by atoms with E-state index in [2.05, 4.69) is 29.6 Å². The van der Waals surface area contributed by atoms with E-state index in [1.807, 2.05) is 0 Å². The highest BCUT2D eigenvalue weighted by Crippen LogP contribution is 2.35. The lowest BCUT2D eigenvalue weighted by molar-refractivity contribution is 0.366. The molecule has 0 aromatic rings. The van der Waals surface area contributed by atoms with Crippen molar-refractivity contribution in [2.45, 2.75) is 19.3 Å². The molecule has 1 aliphatic heterocycles. The maximum Gasteiger partial charge on any atom is 0.0135 e. The van der Waals surface area contributed by atoms with Crippen LogP contribution >= 0.6 is 0 Å². The first-order valence-corrected chi connectivity index (χ1v) is 4.45. The molecule has 0 aromatic heterocycles. The van der Waals surface area contributed by atoms with Gasteiger partial charge in [-0.25, -0.2) is 0 Å². The Labute approximate surface area is 68.2 Å². The van der Waals surface area contributed by atoms with E-state index in [1.54, 1.807) is 0 Å². The monoisotopic (exact) mass is 149 g/mol. The second-order valence-corrected chi connectivity index (χ2v) is 3.61. The van der Waals surface area contributed by atoms with E-state index in [4.69, 9.17) is 0 Å². The molecule has 0 saturated heterocycles. The number of hydrogen-bond donors (Lipinski definition) is 1. The number of rotatable bonds is 0. The van der Waals surface area contributed by atoms with E-state index < -0.39 is 0 Å². The normalized spacial score (nSPS) is 36.4. The Bertz CT molecular complexity index is 193. The fourth-order valence-corrected chi connectivity index (χ4v) is 1.98. The number of allylic oxidation sites excluding steroid dienone is 2. The summed E-state index contributed by atoms with van der Waals surface area (Å²) in [6.07, 6.45) is 13.1. The second kappa shape index (κ2) is 2.82. The van der Waals surface area contributed by atoms with E-state index in [0.717, 1.165) is 13.1 Å². The van der Waals surface area contributed by atoms with Gasteiger partial charge in [-0.15, -0.1) is 0 Å². The third kappa shape index (κ3) is 1.38. The highest BCUT2D eigenvalue weighted by Gasteiger charge is 2.28. The summed E-state index contributed by atoms with van der Waals surface area (Å²) < 4.78 is 0. The van der Waals surface area contributed by atoms with Crippen LogP contribution in [0.3, 0.4) is 0 Å². The SMILES string of the molecule is C1=CC2(CC=CCNC2)CC1. The van der Waals surface area contributed by atoms with Gasteiger partial charge in [0.15, 0.2) is 0 Å². The molecule has 2 aliphatic rings. The van der Waals surface area contributed by atoms with Crippen molar-refractivity contribution in [2.75, 3.05) is 13.1 Å². The first-order valence-electron chi connectivity index (χ1n) is 4.45. The van der Waals surface area contributed by atoms with Gasteiger partial charge in [0, 0.05) is 18.5 Å². The summed E-state index contributed by atoms with van der Waals surface area (Å²) in [5.41, 5.74) is 0.479. The molecule has 1 unspecified atom stereocenters. The summed E-state index contributed by atoms with van der Waals surface area (Å²) in [6, 6.07) is 0. The predicted octanol–water partition coefficient (Wildman–Crippen LogP) is 1.87. The summed E-state index contributed by atoms with van der Waals surface area (Å²) >= 11 is 0. The smallest absolute Gasteiger partial charge is 0.0135 e. The van der Waals surface area contributed by atoms with Crippen molar-refractivity contribution in [3.63, 3.8) is 0 Å². The average molecular weight is 149 g/mol. The molecule has 1 heteroatoms. The van der Waals surface area contributed by atoms with Gasteiger partial charge in [-0.3, -0.25) is 0 Å². The van der Waals surface area contributed by atoms with Crippen molar-refractivity contribution in [3.05, 3.63) is 24.3 Å². The molecule has 1 aliphatic carbocycles. The van der Waals surface area contributed by atoms with Crippen LogP contribution in [0.25, 0.3) is 0 Å². The van der Waals surface area contributed by atoms with Crippen LogP contribution in [0.2, 0.25) is 0 Å². The molecule has 0 fully saturated rings. The van der Waals surface area contributed by atoms with Gasteiger partial charge < -0.3 is 5.32 Å². The highest BCUT2D eigenvalue weighted by molar-refractivity contribution is 5.12. The van der Waals surface area contributed by atoms with Crippen molar-refractivity contribution < 1.29 is 0 Å². The molecule has 0 bridgehead atoms. The maximum absolute atomic E-state index is 3.44. The van der Waals surface area contributed by atoms with Crippen LogP contribution in [0.5, 0.6) is 0 Å². The Morgan fingerprint density at radius 2 is 2.18 bits per heavy atom. The molecule has 2 rings (SSSR count). The van der Waals surface area contributed by atoms with Crippen molar-refractivity contribution in [2.24, 2.45) is 5.41 Å². The number of nitrogens with one attached hydrogen (secondary N) is 1. The quantitative estimate of drug-likeness (QED) is 0.518. The minimum Gasteiger partial charge on any atom is -0.312 e. The average Bonchev–Trinajstić information content (AvgIpc) is 2.32. The predicted molar refractivity (Wildman–Crippen MR) is 47.4 cm³/mol. The molecular weight excluding hydrogens is 134 g/mol. The molecule has 1 atom stereocenters. The van der Waals surface area contributed by atoms with E-state index in [-0.39, 0.29) is 0 Å². The first kappa shape index (κ1) is 7.11. The Morgan fingerprint density at radius 1 is 1.18 bits per heavy atom. The zero-order valence-electron chi connectivity index (χ0n) is 6.84. The summed E-state index contributed by atoms with van der Waals surface area (Å²) in [5.74, 6) is 0. The van der Waals surface area contributed by atoms with Crippen LogP contribution in [-0.2, 0) is 0 Å². The molecule has 1 N–H and O–H groups in total. The van der Waals surface area contributed by atoms with Crippen molar-refractivity contribution in [3.8, 4) is 0 Å². The Morgan fingerprint density at radius 3 is 3.00 bits per heavy atom. The molecule has 0 amide bonds. The largest absolute Gasteiger partial charge is 0.312 e. The van der Waals surface area contributed by atoms with Gasteiger partial charge in [0.05, 0.1) is 0 Å². The first-order chi connectivity index (χ1) is 5.41. The van der Waals surface area contributed by atoms with Crippen LogP contribution in [0.1, 0.15) is 19.3 Å². The molecule has 0 aromatic carbocycles. The molecule has 0 saturated carbocycles. The van der Waals surface area contributed by atoms with Crippen molar-refractivity contribution >= 4 is 0 Å². The van der Waals surface area contributed by atoms with Gasteiger partial charge in [0.2, 0.25) is 0 Å². The fraction of sp³-hybridized carbons (Fsp3) is 0.600. The molecular formula is C10H15N. The van der Waals surface area contributed by atoms with E-state index in [1.165, 1.54) is 19.3 Å². The van der Waals surface area contributed by atoms with Gasteiger partial charge in [-0.2, -0.15) is 0 Å². The number of hydrogen-bond acceptors (Lipinski definition) is 1. The zero-order chi connectivity index (χ0) is 7.57. The third-order valence-corrected chi connectivity index (χ3v) is 2.71. The van der Waals surface area contributed by atoms with E-state index in [0.29, 0.717) is 5.41 Å². The maximum atomic E-state index is 3.44. The van der Waals surface area contributed by atoms with Crippen molar-refractivity contribution in [1.29, 1.82) is 0 Å². The summed E-state index contributed by atoms with van der Waals surface area (Å²) in [5, 5.41) is 3.44. The third-order valence-electron chi connectivity index (χ3n) is 2.71. The molecule has 1 nitrogen and oxygen atoms in total. The zero-order valence-corrected chi connectivity index (χ0v) is 6.84. The molecule has 1 spiro atoms. The lowest BCUT2D eigenvalue weighted by Crippen LogP contribution is -2.29. The van der Waals surface area contributed by atoms with Gasteiger partial charge in [0.25, 0.3) is 0 Å². The van der Waals surface area contributed by atoms with E-state index >= 15 is 0 Å². The minimum absolute atomic E-state index is 0.479. The summed E-state index contributed by atoms with van der Waals surface area (Å²) in [4.78, 5) is 0. The van der Waals surface area contributed by atoms with Crippen LogP contribution < -0.4 is 5.32 Å². The second-order valence-electron chi connectivity index (χ2n) is 3.61. The van der Waals surface area contributed by atoms with Crippen LogP contribution in [0.15, 0.2) is 24.3 Å².